The van der Waals surface area contributed by atoms with Gasteiger partial charge in [-0.1, -0.05) is 12.1 Å². The minimum atomic E-state index is -0.182. The first kappa shape index (κ1) is 14.5. The van der Waals surface area contributed by atoms with E-state index < -0.39 is 0 Å². The average molecular weight is 257 g/mol. The molecule has 1 amide bonds. The van der Waals surface area contributed by atoms with Crippen LogP contribution in [0.3, 0.4) is 0 Å². The third kappa shape index (κ3) is 4.69. The van der Waals surface area contributed by atoms with E-state index in [1.807, 2.05) is 36.4 Å². The first-order valence-electron chi connectivity index (χ1n) is 5.86. The number of carbonyl (C=O) groups is 1. The first-order valence-corrected chi connectivity index (χ1v) is 5.86. The predicted molar refractivity (Wildman–Crippen MR) is 69.1 cm³/mol. The molecule has 0 atom stereocenters. The Labute approximate surface area is 112 Å². The summed E-state index contributed by atoms with van der Waals surface area (Å²) in [6.07, 6.45) is 0.867. The zero-order valence-corrected chi connectivity index (χ0v) is 10.8. The van der Waals surface area contributed by atoms with Crippen molar-refractivity contribution < 1.29 is 9.53 Å². The molecule has 0 aliphatic carbocycles. The summed E-state index contributed by atoms with van der Waals surface area (Å²) in [5, 5.41) is 17.2. The lowest BCUT2D eigenvalue weighted by Crippen LogP contribution is -2.31. The summed E-state index contributed by atoms with van der Waals surface area (Å²) < 4.78 is 5.05. The molecule has 0 fully saturated rings. The minimum Gasteiger partial charge on any atom is -0.497 e. The van der Waals surface area contributed by atoms with Gasteiger partial charge in [-0.25, -0.2) is 0 Å². The van der Waals surface area contributed by atoms with Gasteiger partial charge in [0.05, 0.1) is 19.2 Å². The van der Waals surface area contributed by atoms with E-state index in [1.54, 1.807) is 7.11 Å². The quantitative estimate of drug-likeness (QED) is 0.724. The van der Waals surface area contributed by atoms with Crippen LogP contribution in [0.25, 0.3) is 0 Å². The second-order valence-corrected chi connectivity index (χ2v) is 3.91. The zero-order chi connectivity index (χ0) is 14.1. The van der Waals surface area contributed by atoms with Crippen LogP contribution in [0.2, 0.25) is 0 Å². The van der Waals surface area contributed by atoms with E-state index in [9.17, 15) is 4.79 Å². The van der Waals surface area contributed by atoms with E-state index in [1.165, 1.54) is 4.90 Å². The number of rotatable bonds is 6. The van der Waals surface area contributed by atoms with Crippen LogP contribution in [-0.2, 0) is 11.2 Å². The van der Waals surface area contributed by atoms with Gasteiger partial charge in [-0.15, -0.1) is 0 Å². The molecule has 0 saturated heterocycles. The molecule has 1 aromatic carbocycles. The van der Waals surface area contributed by atoms with Crippen molar-refractivity contribution in [3.8, 4) is 17.9 Å². The number of hydrogen-bond acceptors (Lipinski definition) is 4. The van der Waals surface area contributed by atoms with Gasteiger partial charge in [-0.05, 0) is 24.1 Å². The van der Waals surface area contributed by atoms with Crippen molar-refractivity contribution in [2.75, 3.05) is 20.2 Å². The summed E-state index contributed by atoms with van der Waals surface area (Å²) >= 11 is 0. The average Bonchev–Trinajstić information content (AvgIpc) is 2.45. The second kappa shape index (κ2) is 7.73. The maximum absolute atomic E-state index is 11.8. The highest BCUT2D eigenvalue weighted by Crippen LogP contribution is 2.13. The van der Waals surface area contributed by atoms with Crippen LogP contribution >= 0.6 is 0 Å². The molecule has 1 aromatic rings. The molecule has 5 nitrogen and oxygen atoms in total. The topological polar surface area (TPSA) is 77.1 Å². The first-order chi connectivity index (χ1) is 9.21. The number of nitrogens with zero attached hydrogens (tertiary/aromatic N) is 3. The normalized spacial score (nSPS) is 9.21. The van der Waals surface area contributed by atoms with Crippen LogP contribution in [-0.4, -0.2) is 31.0 Å². The lowest BCUT2D eigenvalue weighted by Gasteiger charge is -2.15. The maximum Gasteiger partial charge on any atom is 0.224 e. The molecule has 0 bridgehead atoms. The molecule has 0 aliphatic heterocycles. The second-order valence-electron chi connectivity index (χ2n) is 3.91. The van der Waals surface area contributed by atoms with Gasteiger partial charge < -0.3 is 9.64 Å². The van der Waals surface area contributed by atoms with Gasteiger partial charge >= 0.3 is 0 Å². The van der Waals surface area contributed by atoms with E-state index in [4.69, 9.17) is 15.3 Å². The third-order valence-electron chi connectivity index (χ3n) is 2.66. The summed E-state index contributed by atoms with van der Waals surface area (Å²) in [7, 11) is 1.60. The van der Waals surface area contributed by atoms with Gasteiger partial charge in [0.1, 0.15) is 18.8 Å². The third-order valence-corrected chi connectivity index (χ3v) is 2.66. The SMILES string of the molecule is COc1ccc(CCC(=O)N(CC#N)CC#N)cc1. The molecule has 5 heteroatoms. The Balaban J connectivity index is 2.52. The largest absolute Gasteiger partial charge is 0.497 e. The molecular formula is C14H15N3O2. The molecule has 19 heavy (non-hydrogen) atoms. The van der Waals surface area contributed by atoms with Crippen LogP contribution < -0.4 is 4.74 Å². The molecule has 0 radical (unpaired) electrons. The van der Waals surface area contributed by atoms with Gasteiger partial charge in [0.2, 0.25) is 5.91 Å². The van der Waals surface area contributed by atoms with Gasteiger partial charge in [0.25, 0.3) is 0 Å². The molecule has 1 rings (SSSR count). The van der Waals surface area contributed by atoms with Gasteiger partial charge in [-0.2, -0.15) is 10.5 Å². The highest BCUT2D eigenvalue weighted by atomic mass is 16.5. The summed E-state index contributed by atoms with van der Waals surface area (Å²) in [5.41, 5.74) is 1.02. The van der Waals surface area contributed by atoms with Gasteiger partial charge in [0, 0.05) is 6.42 Å². The number of aryl methyl sites for hydroxylation is 1. The Morgan fingerprint density at radius 3 is 2.26 bits per heavy atom. The lowest BCUT2D eigenvalue weighted by molar-refractivity contribution is -0.130. The van der Waals surface area contributed by atoms with Crippen molar-refractivity contribution in [3.63, 3.8) is 0 Å². The van der Waals surface area contributed by atoms with Crippen molar-refractivity contribution in [2.45, 2.75) is 12.8 Å². The fourth-order valence-electron chi connectivity index (χ4n) is 1.60. The smallest absolute Gasteiger partial charge is 0.224 e. The molecular weight excluding hydrogens is 242 g/mol. The van der Waals surface area contributed by atoms with E-state index in [0.717, 1.165) is 11.3 Å². The number of ether oxygens (including phenoxy) is 1. The number of benzene rings is 1. The molecule has 0 spiro atoms. The summed E-state index contributed by atoms with van der Waals surface area (Å²) in [6, 6.07) is 11.2. The number of nitriles is 2. The summed E-state index contributed by atoms with van der Waals surface area (Å²) in [6.45, 7) is -0.0932. The predicted octanol–water partition coefficient (Wildman–Crippen LogP) is 1.50. The number of amides is 1. The van der Waals surface area contributed by atoms with Crippen molar-refractivity contribution in [1.29, 1.82) is 10.5 Å². The fourth-order valence-corrected chi connectivity index (χ4v) is 1.60. The standard InChI is InChI=1S/C14H15N3O2/c1-19-13-5-2-12(3-6-13)4-7-14(18)17(10-8-15)11-9-16/h2-3,5-6H,4,7,10-11H2,1H3. The van der Waals surface area contributed by atoms with Gasteiger partial charge in [0.15, 0.2) is 0 Å². The number of methoxy groups -OCH3 is 1. The molecule has 0 aromatic heterocycles. The van der Waals surface area contributed by atoms with Crippen LogP contribution in [0.5, 0.6) is 5.75 Å². The highest BCUT2D eigenvalue weighted by Gasteiger charge is 2.12. The van der Waals surface area contributed by atoms with Crippen molar-refractivity contribution in [3.05, 3.63) is 29.8 Å². The Kier molecular flexibility index (Phi) is 5.91. The van der Waals surface area contributed by atoms with Crippen molar-refractivity contribution in [2.24, 2.45) is 0 Å². The summed E-state index contributed by atoms with van der Waals surface area (Å²) in [4.78, 5) is 13.1. The van der Waals surface area contributed by atoms with E-state index in [0.29, 0.717) is 6.42 Å². The number of hydrogen-bond donors (Lipinski definition) is 0. The van der Waals surface area contributed by atoms with Crippen LogP contribution in [0.15, 0.2) is 24.3 Å². The minimum absolute atomic E-state index is 0.0466. The van der Waals surface area contributed by atoms with E-state index >= 15 is 0 Å². The van der Waals surface area contributed by atoms with Crippen LogP contribution in [0.1, 0.15) is 12.0 Å². The van der Waals surface area contributed by atoms with Crippen molar-refractivity contribution in [1.82, 2.24) is 4.90 Å². The molecule has 0 saturated carbocycles. The summed E-state index contributed by atoms with van der Waals surface area (Å²) in [5.74, 6) is 0.588. The Hall–Kier alpha value is -2.53. The van der Waals surface area contributed by atoms with Crippen LogP contribution in [0, 0.1) is 22.7 Å². The van der Waals surface area contributed by atoms with E-state index in [-0.39, 0.29) is 25.4 Å². The Bertz CT molecular complexity index is 481. The van der Waals surface area contributed by atoms with Gasteiger partial charge in [-0.3, -0.25) is 4.79 Å². The van der Waals surface area contributed by atoms with Crippen molar-refractivity contribution >= 4 is 5.91 Å². The zero-order valence-electron chi connectivity index (χ0n) is 10.8. The van der Waals surface area contributed by atoms with Crippen LogP contribution in [0.4, 0.5) is 0 Å². The molecule has 0 N–H and O–H groups in total. The lowest BCUT2D eigenvalue weighted by atomic mass is 10.1. The Morgan fingerprint density at radius 2 is 1.79 bits per heavy atom. The maximum atomic E-state index is 11.8. The monoisotopic (exact) mass is 257 g/mol. The molecule has 0 heterocycles. The molecule has 0 aliphatic rings. The fraction of sp³-hybridized carbons (Fsp3) is 0.357. The molecule has 98 valence electrons. The highest BCUT2D eigenvalue weighted by molar-refractivity contribution is 5.77. The molecule has 0 unspecified atom stereocenters. The number of carbonyl (C=O) groups excluding carboxylic acids is 1. The van der Waals surface area contributed by atoms with E-state index in [2.05, 4.69) is 0 Å². The Morgan fingerprint density at radius 1 is 1.21 bits per heavy atom.